The molecule has 4 heteroatoms. The Bertz CT molecular complexity index is 421. The van der Waals surface area contributed by atoms with Crippen molar-refractivity contribution >= 4 is 28.7 Å². The van der Waals surface area contributed by atoms with Crippen LogP contribution >= 0.6 is 22.6 Å². The highest BCUT2D eigenvalue weighted by atomic mass is 127. The second-order valence-electron chi connectivity index (χ2n) is 5.83. The highest BCUT2D eigenvalue weighted by Crippen LogP contribution is 2.16. The molecule has 0 spiro atoms. The SMILES string of the molecule is CC(C)N(Cc1ccc(I)cc1)C(=O)OC(C)(C)C. The van der Waals surface area contributed by atoms with Gasteiger partial charge < -0.3 is 9.64 Å². The van der Waals surface area contributed by atoms with Crippen molar-refractivity contribution in [1.82, 2.24) is 4.90 Å². The van der Waals surface area contributed by atoms with Gasteiger partial charge in [0.25, 0.3) is 0 Å². The fourth-order valence-electron chi connectivity index (χ4n) is 1.57. The molecular formula is C15H22INO2. The maximum absolute atomic E-state index is 12.2. The second kappa shape index (κ2) is 6.59. The van der Waals surface area contributed by atoms with E-state index in [-0.39, 0.29) is 12.1 Å². The Balaban J connectivity index is 2.78. The summed E-state index contributed by atoms with van der Waals surface area (Å²) in [7, 11) is 0. The Morgan fingerprint density at radius 1 is 1.26 bits per heavy atom. The molecule has 1 amide bonds. The van der Waals surface area contributed by atoms with E-state index in [1.54, 1.807) is 4.90 Å². The number of benzene rings is 1. The number of ether oxygens (including phenoxy) is 1. The summed E-state index contributed by atoms with van der Waals surface area (Å²) in [5, 5.41) is 0. The van der Waals surface area contributed by atoms with E-state index in [0.29, 0.717) is 6.54 Å². The van der Waals surface area contributed by atoms with Crippen LogP contribution in [-0.2, 0) is 11.3 Å². The van der Waals surface area contributed by atoms with E-state index in [1.807, 2.05) is 58.9 Å². The zero-order valence-corrected chi connectivity index (χ0v) is 14.4. The van der Waals surface area contributed by atoms with Crippen LogP contribution in [0.5, 0.6) is 0 Å². The van der Waals surface area contributed by atoms with Crippen LogP contribution in [0.15, 0.2) is 24.3 Å². The lowest BCUT2D eigenvalue weighted by atomic mass is 10.2. The van der Waals surface area contributed by atoms with E-state index in [2.05, 4.69) is 22.6 Å². The van der Waals surface area contributed by atoms with Gasteiger partial charge in [0.15, 0.2) is 0 Å². The van der Waals surface area contributed by atoms with Crippen molar-refractivity contribution in [3.05, 3.63) is 33.4 Å². The largest absolute Gasteiger partial charge is 0.444 e. The Labute approximate surface area is 129 Å². The van der Waals surface area contributed by atoms with Gasteiger partial charge in [-0.2, -0.15) is 0 Å². The molecule has 0 saturated heterocycles. The van der Waals surface area contributed by atoms with Crippen LogP contribution in [0.4, 0.5) is 4.79 Å². The fraction of sp³-hybridized carbons (Fsp3) is 0.533. The molecule has 0 saturated carbocycles. The minimum atomic E-state index is -0.462. The third-order valence-corrected chi connectivity index (χ3v) is 3.24. The molecule has 1 rings (SSSR count). The molecule has 1 aromatic rings. The first-order valence-corrected chi connectivity index (χ1v) is 7.51. The van der Waals surface area contributed by atoms with E-state index in [9.17, 15) is 4.79 Å². The van der Waals surface area contributed by atoms with Gasteiger partial charge in [0.2, 0.25) is 0 Å². The summed E-state index contributed by atoms with van der Waals surface area (Å²) < 4.78 is 6.63. The standard InChI is InChI=1S/C15H22INO2/c1-11(2)17(14(18)19-15(3,4)5)10-12-6-8-13(16)9-7-12/h6-9,11H,10H2,1-5H3. The van der Waals surface area contributed by atoms with Crippen molar-refractivity contribution in [3.8, 4) is 0 Å². The van der Waals surface area contributed by atoms with Gasteiger partial charge >= 0.3 is 6.09 Å². The van der Waals surface area contributed by atoms with Gasteiger partial charge in [0.1, 0.15) is 5.60 Å². The number of nitrogens with zero attached hydrogens (tertiary/aromatic N) is 1. The molecule has 0 atom stereocenters. The number of rotatable bonds is 3. The topological polar surface area (TPSA) is 29.5 Å². The van der Waals surface area contributed by atoms with Crippen LogP contribution in [0.1, 0.15) is 40.2 Å². The number of carbonyl (C=O) groups excluding carboxylic acids is 1. The van der Waals surface area contributed by atoms with Crippen molar-refractivity contribution in [2.45, 2.75) is 52.8 Å². The second-order valence-corrected chi connectivity index (χ2v) is 7.07. The van der Waals surface area contributed by atoms with Crippen molar-refractivity contribution in [3.63, 3.8) is 0 Å². The van der Waals surface area contributed by atoms with Gasteiger partial charge in [-0.1, -0.05) is 12.1 Å². The first-order valence-electron chi connectivity index (χ1n) is 6.43. The molecule has 0 fully saturated rings. The molecule has 0 N–H and O–H groups in total. The summed E-state index contributed by atoms with van der Waals surface area (Å²) in [4.78, 5) is 13.9. The molecule has 0 aromatic heterocycles. The smallest absolute Gasteiger partial charge is 0.410 e. The fourth-order valence-corrected chi connectivity index (χ4v) is 1.92. The lowest BCUT2D eigenvalue weighted by molar-refractivity contribution is 0.0172. The Kier molecular flexibility index (Phi) is 5.64. The van der Waals surface area contributed by atoms with Crippen molar-refractivity contribution < 1.29 is 9.53 Å². The minimum Gasteiger partial charge on any atom is -0.444 e. The van der Waals surface area contributed by atoms with Crippen LogP contribution in [0, 0.1) is 3.57 Å². The summed E-state index contributed by atoms with van der Waals surface area (Å²) in [5.74, 6) is 0. The maximum atomic E-state index is 12.2. The summed E-state index contributed by atoms with van der Waals surface area (Å²) in [6.07, 6.45) is -0.263. The minimum absolute atomic E-state index is 0.106. The van der Waals surface area contributed by atoms with Crippen molar-refractivity contribution in [2.24, 2.45) is 0 Å². The number of hydrogen-bond donors (Lipinski definition) is 0. The quantitative estimate of drug-likeness (QED) is 0.732. The molecular weight excluding hydrogens is 353 g/mol. The molecule has 0 aliphatic rings. The van der Waals surface area contributed by atoms with Gasteiger partial charge in [-0.25, -0.2) is 4.79 Å². The first-order chi connectivity index (χ1) is 8.69. The van der Waals surface area contributed by atoms with Gasteiger partial charge in [-0.15, -0.1) is 0 Å². The third-order valence-electron chi connectivity index (χ3n) is 2.52. The molecule has 0 bridgehead atoms. The summed E-state index contributed by atoms with van der Waals surface area (Å²) in [5.41, 5.74) is 0.649. The molecule has 0 heterocycles. The monoisotopic (exact) mass is 375 g/mol. The van der Waals surface area contributed by atoms with E-state index in [4.69, 9.17) is 4.74 Å². The molecule has 0 aliphatic carbocycles. The van der Waals surface area contributed by atoms with Crippen LogP contribution in [0.2, 0.25) is 0 Å². The highest BCUT2D eigenvalue weighted by Gasteiger charge is 2.24. The predicted molar refractivity (Wildman–Crippen MR) is 86.1 cm³/mol. The van der Waals surface area contributed by atoms with Crippen molar-refractivity contribution in [1.29, 1.82) is 0 Å². The van der Waals surface area contributed by atoms with E-state index in [1.165, 1.54) is 3.57 Å². The average molecular weight is 375 g/mol. The lowest BCUT2D eigenvalue weighted by Gasteiger charge is -2.30. The predicted octanol–water partition coefficient (Wildman–Crippen LogP) is 4.44. The lowest BCUT2D eigenvalue weighted by Crippen LogP contribution is -2.40. The van der Waals surface area contributed by atoms with Crippen LogP contribution in [0.25, 0.3) is 0 Å². The zero-order chi connectivity index (χ0) is 14.6. The average Bonchev–Trinajstić information content (AvgIpc) is 2.25. The zero-order valence-electron chi connectivity index (χ0n) is 12.2. The van der Waals surface area contributed by atoms with E-state index >= 15 is 0 Å². The Morgan fingerprint density at radius 3 is 2.21 bits per heavy atom. The van der Waals surface area contributed by atoms with Gasteiger partial charge in [0, 0.05) is 16.2 Å². The molecule has 3 nitrogen and oxygen atoms in total. The molecule has 0 aliphatic heterocycles. The summed E-state index contributed by atoms with van der Waals surface area (Å²) in [6.45, 7) is 10.2. The highest BCUT2D eigenvalue weighted by molar-refractivity contribution is 14.1. The molecule has 19 heavy (non-hydrogen) atoms. The molecule has 106 valence electrons. The molecule has 0 unspecified atom stereocenters. The number of halogens is 1. The van der Waals surface area contributed by atoms with Crippen LogP contribution < -0.4 is 0 Å². The van der Waals surface area contributed by atoms with Gasteiger partial charge in [-0.3, -0.25) is 0 Å². The molecule has 1 aromatic carbocycles. The number of carbonyl (C=O) groups is 1. The maximum Gasteiger partial charge on any atom is 0.410 e. The van der Waals surface area contributed by atoms with E-state index in [0.717, 1.165) is 5.56 Å². The Hall–Kier alpha value is -0.780. The van der Waals surface area contributed by atoms with Gasteiger partial charge in [-0.05, 0) is 74.9 Å². The normalized spacial score (nSPS) is 11.5. The number of amides is 1. The van der Waals surface area contributed by atoms with Crippen LogP contribution in [0.3, 0.4) is 0 Å². The Morgan fingerprint density at radius 2 is 1.79 bits per heavy atom. The first kappa shape index (κ1) is 16.3. The van der Waals surface area contributed by atoms with Gasteiger partial charge in [0.05, 0.1) is 0 Å². The summed E-state index contributed by atoms with van der Waals surface area (Å²) in [6, 6.07) is 8.28. The van der Waals surface area contributed by atoms with Crippen LogP contribution in [-0.4, -0.2) is 22.6 Å². The third kappa shape index (κ3) is 5.80. The summed E-state index contributed by atoms with van der Waals surface area (Å²) >= 11 is 2.27. The van der Waals surface area contributed by atoms with Crippen molar-refractivity contribution in [2.75, 3.05) is 0 Å². The number of hydrogen-bond acceptors (Lipinski definition) is 2. The molecule has 0 radical (unpaired) electrons. The van der Waals surface area contributed by atoms with E-state index < -0.39 is 5.60 Å².